The van der Waals surface area contributed by atoms with Crippen LogP contribution in [0.5, 0.6) is 0 Å². The van der Waals surface area contributed by atoms with Gasteiger partial charge in [-0.3, -0.25) is 0 Å². The zero-order valence-electron chi connectivity index (χ0n) is 17.7. The number of methoxy groups -OCH3 is 1. The number of benzene rings is 2. The van der Waals surface area contributed by atoms with Gasteiger partial charge in [0.05, 0.1) is 23.4 Å². The van der Waals surface area contributed by atoms with Gasteiger partial charge in [-0.05, 0) is 19.1 Å². The molecule has 5 rings (SSSR count). The van der Waals surface area contributed by atoms with E-state index in [0.717, 1.165) is 28.3 Å². The zero-order chi connectivity index (χ0) is 21.9. The van der Waals surface area contributed by atoms with E-state index in [0.29, 0.717) is 41.2 Å². The second-order valence-corrected chi connectivity index (χ2v) is 8.09. The van der Waals surface area contributed by atoms with E-state index in [4.69, 9.17) is 18.7 Å². The minimum atomic E-state index is 0.395. The second kappa shape index (κ2) is 8.97. The Hall–Kier alpha value is -3.43. The minimum absolute atomic E-state index is 0.395. The van der Waals surface area contributed by atoms with Crippen LogP contribution in [0.4, 0.5) is 0 Å². The van der Waals surface area contributed by atoms with Gasteiger partial charge >= 0.3 is 0 Å². The van der Waals surface area contributed by atoms with Crippen molar-refractivity contribution < 1.29 is 13.7 Å². The van der Waals surface area contributed by atoms with E-state index in [1.165, 1.54) is 0 Å². The molecule has 0 radical (unpaired) electrons. The molecule has 0 aliphatic rings. The van der Waals surface area contributed by atoms with Gasteiger partial charge in [-0.25, -0.2) is 4.98 Å². The number of aryl methyl sites for hydroxylation is 1. The summed E-state index contributed by atoms with van der Waals surface area (Å²) in [5.74, 6) is 2.03. The Morgan fingerprint density at radius 3 is 2.69 bits per heavy atom. The molecular formula is C23H21N5O3S. The van der Waals surface area contributed by atoms with Gasteiger partial charge in [0.2, 0.25) is 5.89 Å². The SMILES string of the molecule is COCCn1c(SCc2nnc(-c3c(-c4ccccc4)noc3C)o2)nc2ccccc21. The number of aromatic nitrogens is 5. The average Bonchev–Trinajstić information content (AvgIpc) is 3.53. The molecule has 0 saturated carbocycles. The molecular weight excluding hydrogens is 426 g/mol. The fraction of sp³-hybridized carbons (Fsp3) is 0.217. The maximum Gasteiger partial charge on any atom is 0.253 e. The van der Waals surface area contributed by atoms with Crippen molar-refractivity contribution >= 4 is 22.8 Å². The highest BCUT2D eigenvalue weighted by Gasteiger charge is 2.22. The number of thioether (sulfide) groups is 1. The summed E-state index contributed by atoms with van der Waals surface area (Å²) in [4.78, 5) is 4.76. The number of rotatable bonds is 8. The van der Waals surface area contributed by atoms with Gasteiger partial charge in [0.25, 0.3) is 5.89 Å². The van der Waals surface area contributed by atoms with E-state index in [1.807, 2.05) is 55.5 Å². The van der Waals surface area contributed by atoms with E-state index >= 15 is 0 Å². The quantitative estimate of drug-likeness (QED) is 0.307. The summed E-state index contributed by atoms with van der Waals surface area (Å²) in [6, 6.07) is 17.9. The van der Waals surface area contributed by atoms with E-state index in [-0.39, 0.29) is 0 Å². The number of hydrogen-bond acceptors (Lipinski definition) is 8. The monoisotopic (exact) mass is 447 g/mol. The van der Waals surface area contributed by atoms with Gasteiger partial charge in [-0.1, -0.05) is 59.4 Å². The first-order chi connectivity index (χ1) is 15.7. The summed E-state index contributed by atoms with van der Waals surface area (Å²) < 4.78 is 18.8. The minimum Gasteiger partial charge on any atom is -0.420 e. The van der Waals surface area contributed by atoms with Crippen LogP contribution in [0.2, 0.25) is 0 Å². The molecule has 5 aromatic rings. The lowest BCUT2D eigenvalue weighted by Gasteiger charge is -2.07. The Bertz CT molecular complexity index is 1340. The van der Waals surface area contributed by atoms with E-state index in [9.17, 15) is 0 Å². The van der Waals surface area contributed by atoms with Crippen LogP contribution < -0.4 is 0 Å². The van der Waals surface area contributed by atoms with Crippen LogP contribution in [0.25, 0.3) is 33.7 Å². The maximum atomic E-state index is 5.98. The van der Waals surface area contributed by atoms with Crippen molar-refractivity contribution in [3.05, 3.63) is 66.2 Å². The van der Waals surface area contributed by atoms with Crippen molar-refractivity contribution in [3.8, 4) is 22.7 Å². The third-order valence-electron chi connectivity index (χ3n) is 5.05. The van der Waals surface area contributed by atoms with Crippen LogP contribution in [-0.4, -0.2) is 38.6 Å². The van der Waals surface area contributed by atoms with Gasteiger partial charge in [-0.2, -0.15) is 0 Å². The smallest absolute Gasteiger partial charge is 0.253 e. The molecule has 0 spiro atoms. The molecule has 0 fully saturated rings. The third-order valence-corrected chi connectivity index (χ3v) is 6.02. The topological polar surface area (TPSA) is 92.0 Å². The van der Waals surface area contributed by atoms with Crippen LogP contribution in [-0.2, 0) is 17.0 Å². The molecule has 0 atom stereocenters. The molecule has 0 amide bonds. The van der Waals surface area contributed by atoms with Crippen molar-refractivity contribution in [2.24, 2.45) is 0 Å². The highest BCUT2D eigenvalue weighted by Crippen LogP contribution is 2.34. The molecule has 0 saturated heterocycles. The summed E-state index contributed by atoms with van der Waals surface area (Å²) >= 11 is 1.55. The molecule has 0 unspecified atom stereocenters. The lowest BCUT2D eigenvalue weighted by molar-refractivity contribution is 0.186. The molecule has 162 valence electrons. The fourth-order valence-electron chi connectivity index (χ4n) is 3.52. The first-order valence-electron chi connectivity index (χ1n) is 10.2. The first kappa shape index (κ1) is 20.5. The Morgan fingerprint density at radius 2 is 1.84 bits per heavy atom. The largest absolute Gasteiger partial charge is 0.420 e. The average molecular weight is 448 g/mol. The van der Waals surface area contributed by atoms with Crippen LogP contribution in [0, 0.1) is 6.92 Å². The fourth-order valence-corrected chi connectivity index (χ4v) is 4.40. The molecule has 2 aromatic carbocycles. The van der Waals surface area contributed by atoms with Crippen molar-refractivity contribution in [2.75, 3.05) is 13.7 Å². The summed E-state index contributed by atoms with van der Waals surface area (Å²) in [6.45, 7) is 3.16. The molecule has 9 heteroatoms. The van der Waals surface area contributed by atoms with Gasteiger partial charge in [0.15, 0.2) is 5.16 Å². The predicted octanol–water partition coefficient (Wildman–Crippen LogP) is 4.99. The number of hydrogen-bond donors (Lipinski definition) is 0. The lowest BCUT2D eigenvalue weighted by Crippen LogP contribution is -2.05. The molecule has 0 N–H and O–H groups in total. The first-order valence-corrected chi connectivity index (χ1v) is 11.1. The molecule has 0 aliphatic heterocycles. The number of ether oxygens (including phenoxy) is 1. The number of imidazole rings is 1. The van der Waals surface area contributed by atoms with Crippen molar-refractivity contribution in [3.63, 3.8) is 0 Å². The van der Waals surface area contributed by atoms with Crippen LogP contribution in [0.1, 0.15) is 11.7 Å². The Labute approximate surface area is 188 Å². The number of nitrogens with zero attached hydrogens (tertiary/aromatic N) is 5. The highest BCUT2D eigenvalue weighted by atomic mass is 32.2. The number of para-hydroxylation sites is 2. The lowest BCUT2D eigenvalue weighted by atomic mass is 10.1. The third kappa shape index (κ3) is 3.92. The predicted molar refractivity (Wildman–Crippen MR) is 121 cm³/mol. The van der Waals surface area contributed by atoms with Crippen molar-refractivity contribution in [1.82, 2.24) is 24.9 Å². The molecule has 3 heterocycles. The zero-order valence-corrected chi connectivity index (χ0v) is 18.5. The molecule has 32 heavy (non-hydrogen) atoms. The second-order valence-electron chi connectivity index (χ2n) is 7.15. The highest BCUT2D eigenvalue weighted by molar-refractivity contribution is 7.98. The molecule has 3 aromatic heterocycles. The summed E-state index contributed by atoms with van der Waals surface area (Å²) in [6.07, 6.45) is 0. The maximum absolute atomic E-state index is 5.98. The number of fused-ring (bicyclic) bond motifs is 1. The van der Waals surface area contributed by atoms with Crippen LogP contribution >= 0.6 is 11.8 Å². The summed E-state index contributed by atoms with van der Waals surface area (Å²) in [5.41, 5.74) is 4.36. The van der Waals surface area contributed by atoms with Crippen LogP contribution in [0.15, 0.2) is 68.7 Å². The van der Waals surface area contributed by atoms with Gasteiger partial charge in [-0.15, -0.1) is 10.2 Å². The molecule has 0 aliphatic carbocycles. The van der Waals surface area contributed by atoms with Crippen LogP contribution in [0.3, 0.4) is 0 Å². The Kier molecular flexibility index (Phi) is 5.74. The summed E-state index contributed by atoms with van der Waals surface area (Å²) in [7, 11) is 1.70. The standard InChI is InChI=1S/C23H21N5O3S/c1-15-20(21(27-31-15)16-8-4-3-5-9-16)22-26-25-19(30-22)14-32-23-24-17-10-6-7-11-18(17)28(23)12-13-29-2/h3-11H,12-14H2,1-2H3. The van der Waals surface area contributed by atoms with Gasteiger partial charge in [0.1, 0.15) is 17.0 Å². The Morgan fingerprint density at radius 1 is 1.03 bits per heavy atom. The molecule has 0 bridgehead atoms. The van der Waals surface area contributed by atoms with E-state index in [1.54, 1.807) is 18.9 Å². The van der Waals surface area contributed by atoms with E-state index in [2.05, 4.69) is 26.0 Å². The van der Waals surface area contributed by atoms with E-state index < -0.39 is 0 Å². The summed E-state index contributed by atoms with van der Waals surface area (Å²) in [5, 5.41) is 13.6. The molecule has 8 nitrogen and oxygen atoms in total. The van der Waals surface area contributed by atoms with Gasteiger partial charge in [0, 0.05) is 19.2 Å². The van der Waals surface area contributed by atoms with Crippen molar-refractivity contribution in [2.45, 2.75) is 24.4 Å². The van der Waals surface area contributed by atoms with Crippen molar-refractivity contribution in [1.29, 1.82) is 0 Å². The Balaban J connectivity index is 1.39. The van der Waals surface area contributed by atoms with Gasteiger partial charge < -0.3 is 18.2 Å². The normalized spacial score (nSPS) is 11.4.